The Hall–Kier alpha value is -3.00. The number of aromatic nitrogens is 4. The van der Waals surface area contributed by atoms with Crippen LogP contribution in [-0.4, -0.2) is 41.3 Å². The maximum atomic E-state index is 13.5. The summed E-state index contributed by atoms with van der Waals surface area (Å²) >= 11 is 0. The molecule has 3 heterocycles. The van der Waals surface area contributed by atoms with Crippen molar-refractivity contribution in [3.8, 4) is 0 Å². The number of piperidine rings is 1. The van der Waals surface area contributed by atoms with Gasteiger partial charge in [-0.25, -0.2) is 13.4 Å². The topological polar surface area (TPSA) is 80.5 Å². The molecule has 0 aliphatic carbocycles. The third kappa shape index (κ3) is 2.94. The van der Waals surface area contributed by atoms with Crippen molar-refractivity contribution in [1.29, 1.82) is 0 Å². The molecule has 0 amide bonds. The lowest BCUT2D eigenvalue weighted by atomic mass is 10.1. The van der Waals surface area contributed by atoms with E-state index in [1.807, 2.05) is 43.3 Å². The van der Waals surface area contributed by atoms with E-state index in [4.69, 9.17) is 4.98 Å². The van der Waals surface area contributed by atoms with Crippen LogP contribution < -0.4 is 4.90 Å². The van der Waals surface area contributed by atoms with Crippen LogP contribution in [0.25, 0.3) is 16.6 Å². The van der Waals surface area contributed by atoms with Gasteiger partial charge in [-0.05, 0) is 62.4 Å². The highest BCUT2D eigenvalue weighted by Gasteiger charge is 2.29. The minimum absolute atomic E-state index is 0.0970. The molecule has 1 aliphatic rings. The van der Waals surface area contributed by atoms with Gasteiger partial charge in [0.1, 0.15) is 5.82 Å². The van der Waals surface area contributed by atoms with Crippen LogP contribution in [0.5, 0.6) is 0 Å². The molecule has 0 unspecified atom stereocenters. The number of anilines is 1. The molecular formula is C22H23N5O2S. The average Bonchev–Trinajstić information content (AvgIpc) is 3.20. The number of rotatable bonds is 3. The van der Waals surface area contributed by atoms with Crippen molar-refractivity contribution in [1.82, 2.24) is 19.8 Å². The predicted molar refractivity (Wildman–Crippen MR) is 116 cm³/mol. The van der Waals surface area contributed by atoms with E-state index in [1.54, 1.807) is 17.5 Å². The van der Waals surface area contributed by atoms with Gasteiger partial charge in [-0.1, -0.05) is 29.5 Å². The van der Waals surface area contributed by atoms with Crippen molar-refractivity contribution in [3.05, 3.63) is 53.6 Å². The Balaban J connectivity index is 1.79. The number of hydrogen-bond acceptors (Lipinski definition) is 6. The number of aryl methyl sites for hydroxylation is 2. The Kier molecular flexibility index (Phi) is 4.47. The molecule has 2 aromatic heterocycles. The molecule has 0 spiro atoms. The zero-order valence-electron chi connectivity index (χ0n) is 17.0. The van der Waals surface area contributed by atoms with E-state index in [9.17, 15) is 8.42 Å². The minimum Gasteiger partial charge on any atom is -0.356 e. The molecule has 0 radical (unpaired) electrons. The summed E-state index contributed by atoms with van der Waals surface area (Å²) in [6.07, 6.45) is 3.41. The normalized spacial score (nSPS) is 15.2. The monoisotopic (exact) mass is 421 g/mol. The van der Waals surface area contributed by atoms with Gasteiger partial charge in [-0.15, -0.1) is 5.10 Å². The first-order valence-corrected chi connectivity index (χ1v) is 11.7. The van der Waals surface area contributed by atoms with Crippen LogP contribution in [0.2, 0.25) is 0 Å². The van der Waals surface area contributed by atoms with Gasteiger partial charge >= 0.3 is 0 Å². The highest BCUT2D eigenvalue weighted by molar-refractivity contribution is 7.91. The molecule has 0 N–H and O–H groups in total. The smallest absolute Gasteiger partial charge is 0.229 e. The van der Waals surface area contributed by atoms with Gasteiger partial charge in [-0.2, -0.15) is 4.52 Å². The number of hydrogen-bond donors (Lipinski definition) is 0. The van der Waals surface area contributed by atoms with Gasteiger partial charge < -0.3 is 4.90 Å². The Morgan fingerprint density at radius 1 is 0.967 bits per heavy atom. The van der Waals surface area contributed by atoms with Gasteiger partial charge in [0.2, 0.25) is 14.9 Å². The Morgan fingerprint density at radius 2 is 1.73 bits per heavy atom. The first kappa shape index (κ1) is 19.0. The average molecular weight is 422 g/mol. The fourth-order valence-corrected chi connectivity index (χ4v) is 5.71. The number of nitrogens with zero attached hydrogens (tertiary/aromatic N) is 5. The molecule has 154 valence electrons. The Morgan fingerprint density at radius 3 is 2.53 bits per heavy atom. The van der Waals surface area contributed by atoms with Gasteiger partial charge in [0.05, 0.1) is 10.4 Å². The van der Waals surface area contributed by atoms with Crippen molar-refractivity contribution in [2.24, 2.45) is 0 Å². The molecule has 2 aromatic carbocycles. The third-order valence-electron chi connectivity index (χ3n) is 5.75. The number of para-hydroxylation sites is 1. The molecular weight excluding hydrogens is 398 g/mol. The van der Waals surface area contributed by atoms with Crippen LogP contribution in [0, 0.1) is 13.8 Å². The zero-order chi connectivity index (χ0) is 20.9. The molecule has 0 atom stereocenters. The largest absolute Gasteiger partial charge is 0.356 e. The quantitative estimate of drug-likeness (QED) is 0.502. The van der Waals surface area contributed by atoms with Crippen molar-refractivity contribution >= 4 is 32.2 Å². The Labute approximate surface area is 175 Å². The molecule has 5 rings (SSSR count). The van der Waals surface area contributed by atoms with E-state index < -0.39 is 9.84 Å². The van der Waals surface area contributed by atoms with Gasteiger partial charge in [0.25, 0.3) is 0 Å². The number of benzene rings is 2. The van der Waals surface area contributed by atoms with Crippen LogP contribution in [0.4, 0.5) is 5.82 Å². The highest BCUT2D eigenvalue weighted by atomic mass is 32.2. The van der Waals surface area contributed by atoms with Crippen molar-refractivity contribution in [2.45, 2.75) is 43.0 Å². The summed E-state index contributed by atoms with van der Waals surface area (Å²) in [6, 6.07) is 13.2. The van der Waals surface area contributed by atoms with Gasteiger partial charge in [0, 0.05) is 18.5 Å². The standard InChI is InChI=1S/C22H23N5O2S/c1-15-10-11-16(2)19(14-15)30(28,29)22-21-23-20(26-12-6-3-7-13-26)17-8-4-5-9-18(17)27(21)25-24-22/h4-5,8-11,14H,3,6-7,12-13H2,1-2H3. The molecule has 1 fully saturated rings. The molecule has 0 bridgehead atoms. The second-order valence-electron chi connectivity index (χ2n) is 7.90. The second kappa shape index (κ2) is 7.05. The van der Waals surface area contributed by atoms with Crippen molar-refractivity contribution in [3.63, 3.8) is 0 Å². The first-order chi connectivity index (χ1) is 14.5. The molecule has 30 heavy (non-hydrogen) atoms. The van der Waals surface area contributed by atoms with Gasteiger partial charge in [0.15, 0.2) is 5.65 Å². The maximum absolute atomic E-state index is 13.5. The lowest BCUT2D eigenvalue weighted by molar-refractivity contribution is 0.575. The molecule has 0 saturated carbocycles. The summed E-state index contributed by atoms with van der Waals surface area (Å²) in [5, 5.41) is 9.13. The van der Waals surface area contributed by atoms with Crippen LogP contribution in [0.1, 0.15) is 30.4 Å². The third-order valence-corrected chi connectivity index (χ3v) is 7.54. The number of fused-ring (bicyclic) bond motifs is 3. The molecule has 1 aliphatic heterocycles. The van der Waals surface area contributed by atoms with E-state index in [-0.39, 0.29) is 15.6 Å². The lowest BCUT2D eigenvalue weighted by Crippen LogP contribution is -2.30. The zero-order valence-corrected chi connectivity index (χ0v) is 17.9. The number of sulfone groups is 1. The molecule has 7 nitrogen and oxygen atoms in total. The summed E-state index contributed by atoms with van der Waals surface area (Å²) in [6.45, 7) is 5.49. The van der Waals surface area contributed by atoms with E-state index in [1.165, 1.54) is 6.42 Å². The summed E-state index contributed by atoms with van der Waals surface area (Å²) in [5.74, 6) is 0.803. The second-order valence-corrected chi connectivity index (χ2v) is 9.74. The van der Waals surface area contributed by atoms with Crippen LogP contribution in [-0.2, 0) is 9.84 Å². The summed E-state index contributed by atoms with van der Waals surface area (Å²) in [7, 11) is -3.87. The van der Waals surface area contributed by atoms with Crippen LogP contribution >= 0.6 is 0 Å². The van der Waals surface area contributed by atoms with Gasteiger partial charge in [-0.3, -0.25) is 0 Å². The highest BCUT2D eigenvalue weighted by Crippen LogP contribution is 2.32. The first-order valence-electron chi connectivity index (χ1n) is 10.2. The fraction of sp³-hybridized carbons (Fsp3) is 0.318. The van der Waals surface area contributed by atoms with E-state index >= 15 is 0 Å². The molecule has 4 aromatic rings. The summed E-state index contributed by atoms with van der Waals surface area (Å²) in [4.78, 5) is 7.31. The summed E-state index contributed by atoms with van der Waals surface area (Å²) < 4.78 is 28.6. The van der Waals surface area contributed by atoms with Crippen molar-refractivity contribution < 1.29 is 8.42 Å². The Bertz CT molecular complexity index is 1370. The van der Waals surface area contributed by atoms with Crippen LogP contribution in [0.15, 0.2) is 52.4 Å². The molecule has 8 heteroatoms. The molecule has 1 saturated heterocycles. The summed E-state index contributed by atoms with van der Waals surface area (Å²) in [5.41, 5.74) is 2.63. The fourth-order valence-electron chi connectivity index (χ4n) is 4.15. The maximum Gasteiger partial charge on any atom is 0.229 e. The minimum atomic E-state index is -3.87. The van der Waals surface area contributed by atoms with Crippen molar-refractivity contribution in [2.75, 3.05) is 18.0 Å². The van der Waals surface area contributed by atoms with Crippen LogP contribution in [0.3, 0.4) is 0 Å². The lowest BCUT2D eigenvalue weighted by Gasteiger charge is -2.28. The van der Waals surface area contributed by atoms with E-state index in [0.717, 1.165) is 48.2 Å². The predicted octanol–water partition coefficient (Wildman–Crippen LogP) is 3.72. The van der Waals surface area contributed by atoms with E-state index in [0.29, 0.717) is 5.56 Å². The SMILES string of the molecule is Cc1ccc(C)c(S(=O)(=O)c2nnn3c2nc(N2CCCCC2)c2ccccc23)c1. The van der Waals surface area contributed by atoms with E-state index in [2.05, 4.69) is 15.2 Å².